The van der Waals surface area contributed by atoms with Crippen LogP contribution >= 0.6 is 0 Å². The summed E-state index contributed by atoms with van der Waals surface area (Å²) in [5.74, 6) is 0. The first-order chi connectivity index (χ1) is 3.91. The lowest BCUT2D eigenvalue weighted by molar-refractivity contribution is 0.267. The largest absolute Gasteiger partial charge is 0.502 e. The first kappa shape index (κ1) is 7.47. The first-order valence-electron chi connectivity index (χ1n) is 2.74. The molecule has 0 heterocycles. The van der Waals surface area contributed by atoms with E-state index >= 15 is 0 Å². The fourth-order valence-corrected chi connectivity index (χ4v) is 0.295. The summed E-state index contributed by atoms with van der Waals surface area (Å²) in [5.41, 5.74) is 0. The smallest absolute Gasteiger partial charge is 0.0930 e. The van der Waals surface area contributed by atoms with E-state index in [1.807, 2.05) is 6.92 Å². The third kappa shape index (κ3) is 5.47. The molecule has 2 heteroatoms. The highest BCUT2D eigenvalue weighted by Gasteiger charge is 1.73. The number of halogens is 1. The molecule has 0 fully saturated rings. The Kier molecular flexibility index (Phi) is 6.04. The molecule has 0 N–H and O–H groups in total. The van der Waals surface area contributed by atoms with Crippen LogP contribution in [-0.4, -0.2) is 13.3 Å². The minimum Gasteiger partial charge on any atom is -0.502 e. The second kappa shape index (κ2) is 6.47. The van der Waals surface area contributed by atoms with Gasteiger partial charge >= 0.3 is 0 Å². The van der Waals surface area contributed by atoms with Gasteiger partial charge in [0.15, 0.2) is 0 Å². The van der Waals surface area contributed by atoms with Crippen LogP contribution < -0.4 is 0 Å². The van der Waals surface area contributed by atoms with E-state index in [1.54, 1.807) is 6.08 Å². The average molecular weight is 118 g/mol. The Hall–Kier alpha value is -0.530. The molecular formula is C6H11FO. The van der Waals surface area contributed by atoms with E-state index in [0.717, 1.165) is 0 Å². The predicted molar refractivity (Wildman–Crippen MR) is 31.4 cm³/mol. The van der Waals surface area contributed by atoms with Crippen LogP contribution in [0.15, 0.2) is 12.3 Å². The number of allylic oxidation sites excluding steroid dienone is 1. The molecule has 0 aliphatic rings. The molecule has 0 unspecified atom stereocenters. The first-order valence-corrected chi connectivity index (χ1v) is 2.74. The Morgan fingerprint density at radius 2 is 2.38 bits per heavy atom. The monoisotopic (exact) mass is 118 g/mol. The van der Waals surface area contributed by atoms with Crippen molar-refractivity contribution < 1.29 is 9.13 Å². The number of rotatable bonds is 4. The summed E-state index contributed by atoms with van der Waals surface area (Å²) in [7, 11) is 0. The van der Waals surface area contributed by atoms with Gasteiger partial charge < -0.3 is 4.74 Å². The standard InChI is InChI=1S/C6H11FO/c1-2-8-6-4-3-5-7/h4,6H,2-3,5H2,1H3. The molecule has 0 aromatic rings. The van der Waals surface area contributed by atoms with Crippen LogP contribution in [0.4, 0.5) is 4.39 Å². The highest BCUT2D eigenvalue weighted by molar-refractivity contribution is 4.71. The van der Waals surface area contributed by atoms with Crippen molar-refractivity contribution >= 4 is 0 Å². The second-order valence-electron chi connectivity index (χ2n) is 1.30. The molecule has 0 aliphatic carbocycles. The Balaban J connectivity index is 2.83. The molecule has 0 bridgehead atoms. The summed E-state index contributed by atoms with van der Waals surface area (Å²) < 4.78 is 16.1. The maximum atomic E-state index is 11.3. The fourth-order valence-electron chi connectivity index (χ4n) is 0.295. The molecule has 48 valence electrons. The molecule has 0 aromatic carbocycles. The molecule has 0 aliphatic heterocycles. The molecule has 0 amide bonds. The van der Waals surface area contributed by atoms with Gasteiger partial charge in [-0.05, 0) is 19.4 Å². The average Bonchev–Trinajstić information content (AvgIpc) is 1.81. The van der Waals surface area contributed by atoms with Crippen LogP contribution in [0.25, 0.3) is 0 Å². The van der Waals surface area contributed by atoms with Crippen molar-refractivity contribution in [2.24, 2.45) is 0 Å². The number of ether oxygens (including phenoxy) is 1. The third-order valence-electron chi connectivity index (χ3n) is 0.635. The van der Waals surface area contributed by atoms with Crippen molar-refractivity contribution in [3.63, 3.8) is 0 Å². The van der Waals surface area contributed by atoms with E-state index < -0.39 is 0 Å². The zero-order valence-electron chi connectivity index (χ0n) is 5.06. The van der Waals surface area contributed by atoms with Crippen LogP contribution in [0.1, 0.15) is 13.3 Å². The molecule has 1 nitrogen and oxygen atoms in total. The van der Waals surface area contributed by atoms with E-state index in [9.17, 15) is 4.39 Å². The van der Waals surface area contributed by atoms with Gasteiger partial charge in [0.2, 0.25) is 0 Å². The van der Waals surface area contributed by atoms with Crippen molar-refractivity contribution in [3.05, 3.63) is 12.3 Å². The van der Waals surface area contributed by atoms with Gasteiger partial charge in [0, 0.05) is 0 Å². The predicted octanol–water partition coefficient (Wildman–Crippen LogP) is 1.90. The SMILES string of the molecule is CCOC=CCCF. The van der Waals surface area contributed by atoms with Gasteiger partial charge in [0.1, 0.15) is 0 Å². The molecule has 8 heavy (non-hydrogen) atoms. The maximum absolute atomic E-state index is 11.3. The molecular weight excluding hydrogens is 107 g/mol. The lowest BCUT2D eigenvalue weighted by atomic mass is 10.5. The van der Waals surface area contributed by atoms with Crippen molar-refractivity contribution in [1.29, 1.82) is 0 Å². The molecule has 0 spiro atoms. The molecule has 0 atom stereocenters. The van der Waals surface area contributed by atoms with Crippen molar-refractivity contribution in [1.82, 2.24) is 0 Å². The van der Waals surface area contributed by atoms with Crippen molar-refractivity contribution in [3.8, 4) is 0 Å². The normalized spacial score (nSPS) is 10.2. The summed E-state index contributed by atoms with van der Waals surface area (Å²) in [5, 5.41) is 0. The van der Waals surface area contributed by atoms with E-state index in [2.05, 4.69) is 0 Å². The summed E-state index contributed by atoms with van der Waals surface area (Å²) in [6.07, 6.45) is 3.66. The Labute approximate surface area is 49.2 Å². The number of hydrogen-bond acceptors (Lipinski definition) is 1. The molecule has 0 aromatic heterocycles. The summed E-state index contributed by atoms with van der Waals surface area (Å²) in [6, 6.07) is 0. The van der Waals surface area contributed by atoms with E-state index in [-0.39, 0.29) is 6.67 Å². The van der Waals surface area contributed by atoms with Gasteiger partial charge in [0.25, 0.3) is 0 Å². The maximum Gasteiger partial charge on any atom is 0.0930 e. The number of alkyl halides is 1. The number of hydrogen-bond donors (Lipinski definition) is 0. The van der Waals surface area contributed by atoms with E-state index in [1.165, 1.54) is 6.26 Å². The van der Waals surface area contributed by atoms with Gasteiger partial charge in [0.05, 0.1) is 19.5 Å². The summed E-state index contributed by atoms with van der Waals surface area (Å²) in [6.45, 7) is 2.24. The summed E-state index contributed by atoms with van der Waals surface area (Å²) in [4.78, 5) is 0. The lowest BCUT2D eigenvalue weighted by Gasteiger charge is -1.89. The van der Waals surface area contributed by atoms with Gasteiger partial charge in [-0.3, -0.25) is 4.39 Å². The quantitative estimate of drug-likeness (QED) is 0.512. The highest BCUT2D eigenvalue weighted by atomic mass is 19.1. The summed E-state index contributed by atoms with van der Waals surface area (Å²) >= 11 is 0. The van der Waals surface area contributed by atoms with E-state index in [0.29, 0.717) is 13.0 Å². The highest BCUT2D eigenvalue weighted by Crippen LogP contribution is 1.83. The Morgan fingerprint density at radius 1 is 1.62 bits per heavy atom. The zero-order chi connectivity index (χ0) is 6.24. The van der Waals surface area contributed by atoms with Crippen LogP contribution in [0, 0.1) is 0 Å². The minimum absolute atomic E-state index is 0.302. The van der Waals surface area contributed by atoms with Gasteiger partial charge in [-0.25, -0.2) is 0 Å². The van der Waals surface area contributed by atoms with E-state index in [4.69, 9.17) is 4.74 Å². The zero-order valence-corrected chi connectivity index (χ0v) is 5.06. The van der Waals surface area contributed by atoms with Gasteiger partial charge in [-0.15, -0.1) is 0 Å². The Morgan fingerprint density at radius 3 is 2.88 bits per heavy atom. The minimum atomic E-state index is -0.302. The van der Waals surface area contributed by atoms with Crippen LogP contribution in [0.3, 0.4) is 0 Å². The fraction of sp³-hybridized carbons (Fsp3) is 0.667. The molecule has 0 saturated carbocycles. The Bertz CT molecular complexity index is 53.5. The van der Waals surface area contributed by atoms with Gasteiger partial charge in [-0.2, -0.15) is 0 Å². The van der Waals surface area contributed by atoms with Crippen molar-refractivity contribution in [2.45, 2.75) is 13.3 Å². The molecule has 0 radical (unpaired) electrons. The second-order valence-corrected chi connectivity index (χ2v) is 1.30. The topological polar surface area (TPSA) is 9.23 Å². The van der Waals surface area contributed by atoms with Crippen molar-refractivity contribution in [2.75, 3.05) is 13.3 Å². The van der Waals surface area contributed by atoms with Crippen LogP contribution in [0.5, 0.6) is 0 Å². The van der Waals surface area contributed by atoms with Crippen LogP contribution in [-0.2, 0) is 4.74 Å². The van der Waals surface area contributed by atoms with Gasteiger partial charge in [-0.1, -0.05) is 0 Å². The third-order valence-corrected chi connectivity index (χ3v) is 0.635. The lowest BCUT2D eigenvalue weighted by Crippen LogP contribution is -1.76. The van der Waals surface area contributed by atoms with Crippen LogP contribution in [0.2, 0.25) is 0 Å². The molecule has 0 saturated heterocycles. The molecule has 0 rings (SSSR count).